The molecule has 1 saturated heterocycles. The van der Waals surface area contributed by atoms with Crippen LogP contribution in [-0.4, -0.2) is 35.5 Å². The summed E-state index contributed by atoms with van der Waals surface area (Å²) >= 11 is 1.44. The monoisotopic (exact) mass is 280 g/mol. The summed E-state index contributed by atoms with van der Waals surface area (Å²) in [6.45, 7) is 8.02. The lowest BCUT2D eigenvalue weighted by Gasteiger charge is -2.32. The van der Waals surface area contributed by atoms with Gasteiger partial charge in [-0.15, -0.1) is 11.3 Å². The molecule has 1 aliphatic rings. The molecule has 0 amide bonds. The van der Waals surface area contributed by atoms with Crippen molar-refractivity contribution in [2.45, 2.75) is 38.9 Å². The van der Waals surface area contributed by atoms with Gasteiger partial charge in [0, 0.05) is 4.88 Å². The van der Waals surface area contributed by atoms with E-state index in [-0.39, 0.29) is 18.3 Å². The van der Waals surface area contributed by atoms with E-state index >= 15 is 0 Å². The lowest BCUT2D eigenvalue weighted by atomic mass is 9.82. The molecule has 19 heavy (non-hydrogen) atoms. The van der Waals surface area contributed by atoms with E-state index < -0.39 is 7.12 Å². The Kier molecular flexibility index (Phi) is 3.95. The van der Waals surface area contributed by atoms with Gasteiger partial charge in [0.2, 0.25) is 0 Å². The summed E-state index contributed by atoms with van der Waals surface area (Å²) in [4.78, 5) is 0.929. The van der Waals surface area contributed by atoms with Crippen molar-refractivity contribution in [3.05, 3.63) is 22.3 Å². The smallest absolute Gasteiger partial charge is 0.423 e. The highest BCUT2D eigenvalue weighted by atomic mass is 32.1. The molecule has 1 aromatic rings. The highest BCUT2D eigenvalue weighted by Gasteiger charge is 2.49. The molecule has 1 aliphatic heterocycles. The summed E-state index contributed by atoms with van der Waals surface area (Å²) in [6, 6.07) is 1.73. The normalized spacial score (nSPS) is 21.3. The predicted octanol–water partition coefficient (Wildman–Crippen LogP) is 1.07. The number of hydrogen-bond acceptors (Lipinski definition) is 5. The van der Waals surface area contributed by atoms with Crippen molar-refractivity contribution in [2.75, 3.05) is 0 Å². The van der Waals surface area contributed by atoms with Crippen LogP contribution in [0.3, 0.4) is 0 Å². The zero-order valence-electron chi connectivity index (χ0n) is 11.6. The molecule has 0 saturated carbocycles. The fraction of sp³-hybridized carbons (Fsp3) is 0.500. The van der Waals surface area contributed by atoms with Crippen LogP contribution in [0.4, 0.5) is 0 Å². The van der Waals surface area contributed by atoms with Gasteiger partial charge in [-0.3, -0.25) is 0 Å². The van der Waals surface area contributed by atoms with Crippen LogP contribution in [0.1, 0.15) is 32.6 Å². The van der Waals surface area contributed by atoms with E-state index in [4.69, 9.17) is 19.4 Å². The molecule has 0 atom stereocenters. The lowest BCUT2D eigenvalue weighted by molar-refractivity contribution is 0.00578. The quantitative estimate of drug-likeness (QED) is 0.813. The molecular formula is C12H18B2O4S. The summed E-state index contributed by atoms with van der Waals surface area (Å²) in [5.74, 6) is 1.84. The molecule has 0 aromatic carbocycles. The zero-order chi connectivity index (χ0) is 14.3. The van der Waals surface area contributed by atoms with Crippen LogP contribution in [0.5, 0.6) is 0 Å². The highest BCUT2D eigenvalue weighted by Crippen LogP contribution is 2.37. The summed E-state index contributed by atoms with van der Waals surface area (Å²) in [7, 11) is -1.80. The Labute approximate surface area is 118 Å². The molecule has 0 unspecified atom stereocenters. The molecule has 102 valence electrons. The molecule has 7 heteroatoms. The molecule has 2 heterocycles. The maximum absolute atomic E-state index is 9.04. The van der Waals surface area contributed by atoms with E-state index in [1.54, 1.807) is 11.4 Å². The topological polar surface area (TPSA) is 58.9 Å². The molecular weight excluding hydrogens is 262 g/mol. The first-order valence-electron chi connectivity index (χ1n) is 6.20. The van der Waals surface area contributed by atoms with Crippen molar-refractivity contribution in [3.8, 4) is 0 Å². The third-order valence-electron chi connectivity index (χ3n) is 3.63. The van der Waals surface area contributed by atoms with E-state index in [0.29, 0.717) is 5.46 Å². The highest BCUT2D eigenvalue weighted by molar-refractivity contribution is 7.12. The molecule has 1 aromatic heterocycles. The van der Waals surface area contributed by atoms with Gasteiger partial charge in [-0.1, -0.05) is 12.1 Å². The average molecular weight is 280 g/mol. The van der Waals surface area contributed by atoms with E-state index in [0.717, 1.165) is 4.88 Å². The first kappa shape index (κ1) is 14.8. The molecule has 0 aliphatic carbocycles. The fourth-order valence-electron chi connectivity index (χ4n) is 1.73. The average Bonchev–Trinajstić information content (AvgIpc) is 2.79. The standard InChI is InChI=1S/C12H18B2O4S/c1-11(2)12(3,4)18-13(17-11)6-5-10-7-9(8-19-10)14(15)16/h5-8,15-16H,1-4H3/b6-5+. The molecule has 4 nitrogen and oxygen atoms in total. The first-order chi connectivity index (χ1) is 8.71. The van der Waals surface area contributed by atoms with Gasteiger partial charge < -0.3 is 19.4 Å². The number of hydrogen-bond donors (Lipinski definition) is 2. The van der Waals surface area contributed by atoms with Crippen LogP contribution in [-0.2, 0) is 9.31 Å². The lowest BCUT2D eigenvalue weighted by Crippen LogP contribution is -2.41. The van der Waals surface area contributed by atoms with Gasteiger partial charge in [0.15, 0.2) is 0 Å². The Morgan fingerprint density at radius 2 is 1.79 bits per heavy atom. The number of thiophene rings is 1. The van der Waals surface area contributed by atoms with E-state index in [2.05, 4.69) is 0 Å². The fourth-order valence-corrected chi connectivity index (χ4v) is 2.55. The van der Waals surface area contributed by atoms with Crippen molar-refractivity contribution in [1.29, 1.82) is 0 Å². The van der Waals surface area contributed by atoms with Crippen LogP contribution in [0, 0.1) is 0 Å². The van der Waals surface area contributed by atoms with Crippen molar-refractivity contribution in [2.24, 2.45) is 0 Å². The Morgan fingerprint density at radius 1 is 1.21 bits per heavy atom. The minimum atomic E-state index is -1.42. The van der Waals surface area contributed by atoms with E-state index in [9.17, 15) is 0 Å². The molecule has 2 rings (SSSR count). The molecule has 0 radical (unpaired) electrons. The Morgan fingerprint density at radius 3 is 2.26 bits per heavy atom. The van der Waals surface area contributed by atoms with Gasteiger partial charge in [-0.05, 0) is 44.6 Å². The second kappa shape index (κ2) is 5.07. The Balaban J connectivity index is 2.04. The van der Waals surface area contributed by atoms with Gasteiger partial charge in [-0.25, -0.2) is 0 Å². The van der Waals surface area contributed by atoms with Gasteiger partial charge in [0.25, 0.3) is 0 Å². The molecule has 0 spiro atoms. The van der Waals surface area contributed by atoms with Crippen molar-refractivity contribution in [1.82, 2.24) is 0 Å². The van der Waals surface area contributed by atoms with E-state index in [1.807, 2.05) is 39.7 Å². The van der Waals surface area contributed by atoms with Crippen LogP contribution >= 0.6 is 11.3 Å². The summed E-state index contributed by atoms with van der Waals surface area (Å²) in [5.41, 5.74) is -0.188. The minimum Gasteiger partial charge on any atom is -0.423 e. The van der Waals surface area contributed by atoms with Crippen molar-refractivity contribution < 1.29 is 19.4 Å². The Hall–Kier alpha value is -0.590. The number of rotatable bonds is 3. The van der Waals surface area contributed by atoms with Gasteiger partial charge in [0.05, 0.1) is 11.2 Å². The SMILES string of the molecule is CC1(C)OB(/C=C/c2cc(B(O)O)cs2)OC1(C)C. The maximum Gasteiger partial charge on any atom is 0.489 e. The van der Waals surface area contributed by atoms with E-state index in [1.165, 1.54) is 11.3 Å². The minimum absolute atomic E-state index is 0.343. The van der Waals surface area contributed by atoms with Crippen molar-refractivity contribution in [3.63, 3.8) is 0 Å². The van der Waals surface area contributed by atoms with Gasteiger partial charge >= 0.3 is 14.2 Å². The second-order valence-electron chi connectivity index (χ2n) is 5.64. The third kappa shape index (κ3) is 3.12. The first-order valence-corrected chi connectivity index (χ1v) is 7.08. The molecule has 1 fully saturated rings. The van der Waals surface area contributed by atoms with Crippen molar-refractivity contribution >= 4 is 37.1 Å². The van der Waals surface area contributed by atoms with Gasteiger partial charge in [0.1, 0.15) is 0 Å². The zero-order valence-corrected chi connectivity index (χ0v) is 12.4. The van der Waals surface area contributed by atoms with Crippen LogP contribution in [0.2, 0.25) is 0 Å². The summed E-state index contributed by atoms with van der Waals surface area (Å²) in [6.07, 6.45) is 1.87. The third-order valence-corrected chi connectivity index (χ3v) is 4.54. The van der Waals surface area contributed by atoms with Crippen LogP contribution in [0.15, 0.2) is 17.4 Å². The van der Waals surface area contributed by atoms with Crippen LogP contribution in [0.25, 0.3) is 6.08 Å². The second-order valence-corrected chi connectivity index (χ2v) is 6.58. The van der Waals surface area contributed by atoms with Gasteiger partial charge in [-0.2, -0.15) is 0 Å². The molecule has 0 bridgehead atoms. The van der Waals surface area contributed by atoms with Crippen LogP contribution < -0.4 is 5.46 Å². The summed E-state index contributed by atoms with van der Waals surface area (Å²) in [5, 5.41) is 19.8. The molecule has 2 N–H and O–H groups in total. The predicted molar refractivity (Wildman–Crippen MR) is 79.3 cm³/mol. The maximum atomic E-state index is 9.04. The summed E-state index contributed by atoms with van der Waals surface area (Å²) < 4.78 is 11.7. The Bertz CT molecular complexity index is 466. The largest absolute Gasteiger partial charge is 0.489 e.